The maximum absolute atomic E-state index is 11.4. The standard InChI is InChI=1S/C23H32N2O3/c1-8-19(9-2)25-21-12-17(6)24-23(20(21)13-27-18(7)26)28-22-15(4)10-14(3)11-16(22)5/h10-12,19H,8-9,13H2,1-7H3,(H,24,25). The summed E-state index contributed by atoms with van der Waals surface area (Å²) < 4.78 is 11.6. The molecule has 152 valence electrons. The van der Waals surface area contributed by atoms with Crippen LogP contribution in [0.2, 0.25) is 0 Å². The van der Waals surface area contributed by atoms with Crippen LogP contribution >= 0.6 is 0 Å². The number of carbonyl (C=O) groups is 1. The lowest BCUT2D eigenvalue weighted by molar-refractivity contribution is -0.142. The summed E-state index contributed by atoms with van der Waals surface area (Å²) in [5.74, 6) is 0.939. The molecule has 2 aromatic rings. The predicted octanol–water partition coefficient (Wildman–Crippen LogP) is 5.77. The minimum Gasteiger partial charge on any atom is -0.461 e. The second-order valence-corrected chi connectivity index (χ2v) is 7.36. The van der Waals surface area contributed by atoms with Crippen molar-refractivity contribution in [3.05, 3.63) is 46.1 Å². The third-order valence-electron chi connectivity index (χ3n) is 4.78. The lowest BCUT2D eigenvalue weighted by Gasteiger charge is -2.22. The quantitative estimate of drug-likeness (QED) is 0.585. The van der Waals surface area contributed by atoms with Crippen LogP contribution in [0.3, 0.4) is 0 Å². The number of aryl methyl sites for hydroxylation is 4. The lowest BCUT2D eigenvalue weighted by atomic mass is 10.1. The van der Waals surface area contributed by atoms with Gasteiger partial charge in [0.05, 0.1) is 5.56 Å². The molecule has 2 rings (SSSR count). The van der Waals surface area contributed by atoms with Gasteiger partial charge in [-0.1, -0.05) is 31.5 Å². The van der Waals surface area contributed by atoms with Crippen molar-refractivity contribution < 1.29 is 14.3 Å². The normalized spacial score (nSPS) is 10.9. The Morgan fingerprint density at radius 2 is 1.68 bits per heavy atom. The second kappa shape index (κ2) is 9.58. The zero-order valence-corrected chi connectivity index (χ0v) is 18.1. The van der Waals surface area contributed by atoms with Gasteiger partial charge in [0.1, 0.15) is 12.4 Å². The first kappa shape index (κ1) is 21.7. The first-order valence-electron chi connectivity index (χ1n) is 9.91. The number of hydrogen-bond acceptors (Lipinski definition) is 5. The number of carbonyl (C=O) groups excluding carboxylic acids is 1. The van der Waals surface area contributed by atoms with Gasteiger partial charge in [-0.05, 0) is 57.7 Å². The van der Waals surface area contributed by atoms with Crippen molar-refractivity contribution in [2.45, 2.75) is 74.0 Å². The number of aromatic nitrogens is 1. The largest absolute Gasteiger partial charge is 0.461 e. The Bertz CT molecular complexity index is 819. The zero-order valence-electron chi connectivity index (χ0n) is 18.1. The van der Waals surface area contributed by atoms with Gasteiger partial charge in [0.15, 0.2) is 0 Å². The molecule has 0 unspecified atom stereocenters. The van der Waals surface area contributed by atoms with E-state index in [0.29, 0.717) is 11.9 Å². The fourth-order valence-corrected chi connectivity index (χ4v) is 3.33. The van der Waals surface area contributed by atoms with E-state index in [-0.39, 0.29) is 12.6 Å². The Kier molecular flexibility index (Phi) is 7.44. The van der Waals surface area contributed by atoms with Crippen LogP contribution in [0.15, 0.2) is 18.2 Å². The third kappa shape index (κ3) is 5.47. The maximum atomic E-state index is 11.4. The summed E-state index contributed by atoms with van der Waals surface area (Å²) in [5.41, 5.74) is 5.79. The molecule has 1 heterocycles. The Morgan fingerprint density at radius 3 is 2.21 bits per heavy atom. The highest BCUT2D eigenvalue weighted by Crippen LogP contribution is 2.34. The van der Waals surface area contributed by atoms with Crippen molar-refractivity contribution in [1.29, 1.82) is 0 Å². The summed E-state index contributed by atoms with van der Waals surface area (Å²) >= 11 is 0. The van der Waals surface area contributed by atoms with E-state index >= 15 is 0 Å². The van der Waals surface area contributed by atoms with E-state index in [1.54, 1.807) is 0 Å². The van der Waals surface area contributed by atoms with E-state index in [9.17, 15) is 4.79 Å². The third-order valence-corrected chi connectivity index (χ3v) is 4.78. The van der Waals surface area contributed by atoms with Crippen LogP contribution in [0.25, 0.3) is 0 Å². The van der Waals surface area contributed by atoms with E-state index in [0.717, 1.165) is 46.7 Å². The first-order valence-corrected chi connectivity index (χ1v) is 9.91. The van der Waals surface area contributed by atoms with Crippen molar-refractivity contribution >= 4 is 11.7 Å². The molecule has 0 saturated heterocycles. The van der Waals surface area contributed by atoms with E-state index < -0.39 is 0 Å². The number of esters is 1. The second-order valence-electron chi connectivity index (χ2n) is 7.36. The van der Waals surface area contributed by atoms with Gasteiger partial charge >= 0.3 is 5.97 Å². The van der Waals surface area contributed by atoms with Gasteiger partial charge in [0.25, 0.3) is 0 Å². The molecular weight excluding hydrogens is 352 g/mol. The van der Waals surface area contributed by atoms with Crippen LogP contribution < -0.4 is 10.1 Å². The molecule has 1 aromatic carbocycles. The van der Waals surface area contributed by atoms with E-state index in [1.807, 2.05) is 26.8 Å². The van der Waals surface area contributed by atoms with Crippen molar-refractivity contribution in [3.8, 4) is 11.6 Å². The molecule has 0 aliphatic rings. The smallest absolute Gasteiger partial charge is 0.302 e. The Labute approximate surface area is 168 Å². The van der Waals surface area contributed by atoms with E-state index in [4.69, 9.17) is 9.47 Å². The molecule has 0 radical (unpaired) electrons. The van der Waals surface area contributed by atoms with Crippen molar-refractivity contribution in [2.75, 3.05) is 5.32 Å². The monoisotopic (exact) mass is 384 g/mol. The van der Waals surface area contributed by atoms with Gasteiger partial charge in [-0.25, -0.2) is 4.98 Å². The zero-order chi connectivity index (χ0) is 20.8. The average molecular weight is 385 g/mol. The fraction of sp³-hybridized carbons (Fsp3) is 0.478. The molecule has 28 heavy (non-hydrogen) atoms. The van der Waals surface area contributed by atoms with Crippen LogP contribution in [0.5, 0.6) is 11.6 Å². The van der Waals surface area contributed by atoms with Crippen LogP contribution in [0, 0.1) is 27.7 Å². The Balaban J connectivity index is 2.52. The van der Waals surface area contributed by atoms with Gasteiger partial charge in [-0.15, -0.1) is 0 Å². The average Bonchev–Trinajstić information content (AvgIpc) is 2.61. The van der Waals surface area contributed by atoms with Crippen LogP contribution in [0.1, 0.15) is 61.6 Å². The van der Waals surface area contributed by atoms with Crippen LogP contribution in [-0.2, 0) is 16.1 Å². The molecule has 0 fully saturated rings. The highest BCUT2D eigenvalue weighted by Gasteiger charge is 2.18. The number of nitrogens with zero attached hydrogens (tertiary/aromatic N) is 1. The summed E-state index contributed by atoms with van der Waals surface area (Å²) in [6, 6.07) is 6.49. The molecule has 0 atom stereocenters. The van der Waals surface area contributed by atoms with Gasteiger partial charge in [-0.2, -0.15) is 0 Å². The predicted molar refractivity (Wildman–Crippen MR) is 113 cm³/mol. The summed E-state index contributed by atoms with van der Waals surface area (Å²) in [4.78, 5) is 16.1. The van der Waals surface area contributed by atoms with E-state index in [1.165, 1.54) is 12.5 Å². The van der Waals surface area contributed by atoms with Crippen molar-refractivity contribution in [1.82, 2.24) is 4.98 Å². The molecule has 5 nitrogen and oxygen atoms in total. The molecule has 0 aliphatic carbocycles. The van der Waals surface area contributed by atoms with Crippen molar-refractivity contribution in [3.63, 3.8) is 0 Å². The highest BCUT2D eigenvalue weighted by molar-refractivity contribution is 5.67. The molecule has 1 aromatic heterocycles. The number of benzene rings is 1. The van der Waals surface area contributed by atoms with Crippen LogP contribution in [0.4, 0.5) is 5.69 Å². The summed E-state index contributed by atoms with van der Waals surface area (Å²) in [6.07, 6.45) is 1.99. The van der Waals surface area contributed by atoms with Gasteiger partial charge in [-0.3, -0.25) is 4.79 Å². The van der Waals surface area contributed by atoms with Gasteiger partial charge < -0.3 is 14.8 Å². The number of ether oxygens (including phenoxy) is 2. The molecule has 0 amide bonds. The summed E-state index contributed by atoms with van der Waals surface area (Å²) in [6.45, 7) is 13.9. The highest BCUT2D eigenvalue weighted by atomic mass is 16.5. The molecule has 0 aliphatic heterocycles. The summed E-state index contributed by atoms with van der Waals surface area (Å²) in [7, 11) is 0. The number of rotatable bonds is 8. The Morgan fingerprint density at radius 1 is 1.07 bits per heavy atom. The van der Waals surface area contributed by atoms with Gasteiger partial charge in [0, 0.05) is 24.3 Å². The topological polar surface area (TPSA) is 60.5 Å². The molecule has 0 saturated carbocycles. The fourth-order valence-electron chi connectivity index (χ4n) is 3.33. The van der Waals surface area contributed by atoms with Crippen molar-refractivity contribution in [2.24, 2.45) is 0 Å². The first-order chi connectivity index (χ1) is 13.2. The molecular formula is C23H32N2O3. The van der Waals surface area contributed by atoms with Gasteiger partial charge in [0.2, 0.25) is 5.88 Å². The van der Waals surface area contributed by atoms with E-state index in [2.05, 4.69) is 43.2 Å². The molecule has 1 N–H and O–H groups in total. The maximum Gasteiger partial charge on any atom is 0.302 e. The Hall–Kier alpha value is -2.56. The minimum absolute atomic E-state index is 0.115. The number of hydrogen-bond donors (Lipinski definition) is 1. The minimum atomic E-state index is -0.331. The SMILES string of the molecule is CCC(CC)Nc1cc(C)nc(Oc2c(C)cc(C)cc2C)c1COC(C)=O. The number of nitrogens with one attached hydrogen (secondary N) is 1. The number of anilines is 1. The molecule has 0 spiro atoms. The number of pyridine rings is 1. The lowest BCUT2D eigenvalue weighted by Crippen LogP contribution is -2.19. The molecule has 0 bridgehead atoms. The van der Waals surface area contributed by atoms with Crippen LogP contribution in [-0.4, -0.2) is 17.0 Å². The summed E-state index contributed by atoms with van der Waals surface area (Å²) in [5, 5.41) is 3.56. The molecule has 5 heteroatoms.